The van der Waals surface area contributed by atoms with Crippen LogP contribution in [0, 0.1) is 17.8 Å². The monoisotopic (exact) mass is 210 g/mol. The molecule has 10 heavy (non-hydrogen) atoms. The molecular formula is C7H9BrF2. The quantitative estimate of drug-likeness (QED) is 0.585. The zero-order valence-electron chi connectivity index (χ0n) is 5.49. The van der Waals surface area contributed by atoms with Gasteiger partial charge in [0.2, 0.25) is 0 Å². The van der Waals surface area contributed by atoms with E-state index in [1.807, 2.05) is 0 Å². The molecule has 0 N–H and O–H groups in total. The number of hydrogen-bond acceptors (Lipinski definition) is 0. The summed E-state index contributed by atoms with van der Waals surface area (Å²) in [5.41, 5.74) is 0. The van der Waals surface area contributed by atoms with E-state index < -0.39 is 5.92 Å². The predicted octanol–water partition coefficient (Wildman–Crippen LogP) is 2.67. The van der Waals surface area contributed by atoms with E-state index in [-0.39, 0.29) is 11.8 Å². The predicted molar refractivity (Wildman–Crippen MR) is 38.4 cm³/mol. The molecule has 0 aromatic rings. The van der Waals surface area contributed by atoms with Gasteiger partial charge in [0.25, 0.3) is 5.92 Å². The summed E-state index contributed by atoms with van der Waals surface area (Å²) in [7, 11) is 0. The SMILES string of the molecule is FC1(F)[C@@H]2CC(CBr)C[C@@H]21. The van der Waals surface area contributed by atoms with Gasteiger partial charge in [0.1, 0.15) is 0 Å². The summed E-state index contributed by atoms with van der Waals surface area (Å²) in [6.07, 6.45) is 1.48. The maximum Gasteiger partial charge on any atom is 0.254 e. The van der Waals surface area contributed by atoms with Crippen LogP contribution in [0.3, 0.4) is 0 Å². The summed E-state index contributed by atoms with van der Waals surface area (Å²) in [5, 5.41) is 0.899. The van der Waals surface area contributed by atoms with Crippen molar-refractivity contribution < 1.29 is 8.78 Å². The molecule has 0 aromatic carbocycles. The van der Waals surface area contributed by atoms with Gasteiger partial charge >= 0.3 is 0 Å². The van der Waals surface area contributed by atoms with Crippen LogP contribution >= 0.6 is 15.9 Å². The molecule has 0 nitrogen and oxygen atoms in total. The molecule has 0 heterocycles. The number of hydrogen-bond donors (Lipinski definition) is 0. The Bertz CT molecular complexity index is 144. The number of halogens is 3. The molecule has 0 bridgehead atoms. The third-order valence-corrected chi connectivity index (χ3v) is 3.67. The van der Waals surface area contributed by atoms with E-state index in [0.29, 0.717) is 5.92 Å². The number of rotatable bonds is 1. The molecule has 2 aliphatic carbocycles. The van der Waals surface area contributed by atoms with E-state index in [0.717, 1.165) is 18.2 Å². The maximum atomic E-state index is 12.5. The third-order valence-electron chi connectivity index (χ3n) is 2.76. The summed E-state index contributed by atoms with van der Waals surface area (Å²) < 4.78 is 25.1. The second-order valence-corrected chi connectivity index (χ2v) is 4.03. The van der Waals surface area contributed by atoms with Crippen LogP contribution in [0.25, 0.3) is 0 Å². The van der Waals surface area contributed by atoms with Gasteiger partial charge in [-0.3, -0.25) is 0 Å². The van der Waals surface area contributed by atoms with Gasteiger partial charge in [0, 0.05) is 17.2 Å². The second kappa shape index (κ2) is 1.93. The van der Waals surface area contributed by atoms with Gasteiger partial charge in [0.15, 0.2) is 0 Å². The Balaban J connectivity index is 1.96. The van der Waals surface area contributed by atoms with E-state index >= 15 is 0 Å². The molecule has 58 valence electrons. The van der Waals surface area contributed by atoms with Gasteiger partial charge in [0.05, 0.1) is 0 Å². The van der Waals surface area contributed by atoms with E-state index in [2.05, 4.69) is 15.9 Å². The lowest BCUT2D eigenvalue weighted by Crippen LogP contribution is -2.08. The largest absolute Gasteiger partial charge is 0.254 e. The lowest BCUT2D eigenvalue weighted by Gasteiger charge is -2.09. The van der Waals surface area contributed by atoms with Gasteiger partial charge in [-0.15, -0.1) is 0 Å². The van der Waals surface area contributed by atoms with Crippen LogP contribution in [0.2, 0.25) is 0 Å². The minimum atomic E-state index is -2.28. The second-order valence-electron chi connectivity index (χ2n) is 3.38. The Labute approximate surface area is 67.1 Å². The van der Waals surface area contributed by atoms with Crippen LogP contribution in [0.5, 0.6) is 0 Å². The fraction of sp³-hybridized carbons (Fsp3) is 1.00. The van der Waals surface area contributed by atoms with E-state index in [4.69, 9.17) is 0 Å². The third kappa shape index (κ3) is 0.758. The van der Waals surface area contributed by atoms with Crippen molar-refractivity contribution in [2.24, 2.45) is 17.8 Å². The fourth-order valence-electron chi connectivity index (χ4n) is 2.04. The van der Waals surface area contributed by atoms with E-state index in [1.54, 1.807) is 0 Å². The summed E-state index contributed by atoms with van der Waals surface area (Å²) in [5.74, 6) is -2.27. The average molecular weight is 211 g/mol. The highest BCUT2D eigenvalue weighted by atomic mass is 79.9. The fourth-order valence-corrected chi connectivity index (χ4v) is 2.57. The van der Waals surface area contributed by atoms with Crippen LogP contribution in [0.4, 0.5) is 8.78 Å². The molecule has 3 atom stereocenters. The Morgan fingerprint density at radius 1 is 1.30 bits per heavy atom. The Kier molecular flexibility index (Phi) is 1.35. The molecule has 3 heteroatoms. The Hall–Kier alpha value is 0.340. The smallest absolute Gasteiger partial charge is 0.206 e. The first-order valence-electron chi connectivity index (χ1n) is 3.60. The zero-order valence-corrected chi connectivity index (χ0v) is 7.07. The highest BCUT2D eigenvalue weighted by Gasteiger charge is 2.71. The number of fused-ring (bicyclic) bond motifs is 1. The summed E-state index contributed by atoms with van der Waals surface area (Å²) in [6.45, 7) is 0. The van der Waals surface area contributed by atoms with E-state index in [1.165, 1.54) is 0 Å². The first-order valence-corrected chi connectivity index (χ1v) is 4.72. The minimum absolute atomic E-state index is 0.255. The van der Waals surface area contributed by atoms with Crippen molar-refractivity contribution in [1.29, 1.82) is 0 Å². The van der Waals surface area contributed by atoms with Crippen molar-refractivity contribution in [3.8, 4) is 0 Å². The van der Waals surface area contributed by atoms with Crippen molar-refractivity contribution in [2.45, 2.75) is 18.8 Å². The van der Waals surface area contributed by atoms with E-state index in [9.17, 15) is 8.78 Å². The molecule has 0 spiro atoms. The topological polar surface area (TPSA) is 0 Å². The molecule has 0 amide bonds. The standard InChI is InChI=1S/C7H9BrF2/c8-3-4-1-5-6(2-4)7(5,9)10/h4-6H,1-3H2/t4?,5-,6+. The van der Waals surface area contributed by atoms with Crippen LogP contribution in [0.15, 0.2) is 0 Å². The van der Waals surface area contributed by atoms with Gasteiger partial charge < -0.3 is 0 Å². The highest BCUT2D eigenvalue weighted by Crippen LogP contribution is 2.65. The Morgan fingerprint density at radius 2 is 1.80 bits per heavy atom. The maximum absolute atomic E-state index is 12.5. The van der Waals surface area contributed by atoms with Crippen molar-refractivity contribution in [3.05, 3.63) is 0 Å². The van der Waals surface area contributed by atoms with Crippen LogP contribution in [-0.4, -0.2) is 11.3 Å². The molecular weight excluding hydrogens is 202 g/mol. The van der Waals surface area contributed by atoms with Crippen molar-refractivity contribution in [3.63, 3.8) is 0 Å². The first-order chi connectivity index (χ1) is 4.66. The molecule has 1 unspecified atom stereocenters. The normalized spacial score (nSPS) is 48.9. The molecule has 0 radical (unpaired) electrons. The van der Waals surface area contributed by atoms with Crippen molar-refractivity contribution in [2.75, 3.05) is 5.33 Å². The van der Waals surface area contributed by atoms with Crippen molar-refractivity contribution >= 4 is 15.9 Å². The van der Waals surface area contributed by atoms with Gasteiger partial charge in [-0.2, -0.15) is 0 Å². The van der Waals surface area contributed by atoms with Crippen molar-refractivity contribution in [1.82, 2.24) is 0 Å². The van der Waals surface area contributed by atoms with Gasteiger partial charge in [-0.1, -0.05) is 15.9 Å². The highest BCUT2D eigenvalue weighted by molar-refractivity contribution is 9.09. The van der Waals surface area contributed by atoms with Gasteiger partial charge in [-0.25, -0.2) is 8.78 Å². The van der Waals surface area contributed by atoms with Gasteiger partial charge in [-0.05, 0) is 18.8 Å². The van der Waals surface area contributed by atoms with Crippen LogP contribution < -0.4 is 0 Å². The summed E-state index contributed by atoms with van der Waals surface area (Å²) in [4.78, 5) is 0. The Morgan fingerprint density at radius 3 is 2.20 bits per heavy atom. The number of alkyl halides is 3. The van der Waals surface area contributed by atoms with Crippen LogP contribution in [-0.2, 0) is 0 Å². The zero-order chi connectivity index (χ0) is 7.35. The molecule has 2 saturated carbocycles. The summed E-state index contributed by atoms with van der Waals surface area (Å²) >= 11 is 3.32. The first kappa shape index (κ1) is 7.01. The molecule has 2 rings (SSSR count). The molecule has 2 fully saturated rings. The minimum Gasteiger partial charge on any atom is -0.206 e. The molecule has 0 aromatic heterocycles. The molecule has 0 saturated heterocycles. The van der Waals surface area contributed by atoms with Crippen LogP contribution in [0.1, 0.15) is 12.8 Å². The lowest BCUT2D eigenvalue weighted by atomic mass is 10.1. The molecule has 0 aliphatic heterocycles. The average Bonchev–Trinajstić information content (AvgIpc) is 2.37. The molecule has 2 aliphatic rings. The lowest BCUT2D eigenvalue weighted by molar-refractivity contribution is 0.0659. The summed E-state index contributed by atoms with van der Waals surface area (Å²) in [6, 6.07) is 0.